The highest BCUT2D eigenvalue weighted by atomic mass is 32.1. The van der Waals surface area contributed by atoms with Gasteiger partial charge in [-0.25, -0.2) is 10.2 Å². The normalized spacial score (nSPS) is 10.6. The van der Waals surface area contributed by atoms with Crippen molar-refractivity contribution in [3.63, 3.8) is 0 Å². The van der Waals surface area contributed by atoms with E-state index in [0.29, 0.717) is 0 Å². The van der Waals surface area contributed by atoms with Gasteiger partial charge in [-0.15, -0.1) is 11.3 Å². The van der Waals surface area contributed by atoms with Crippen LogP contribution in [0.2, 0.25) is 0 Å². The fourth-order valence-corrected chi connectivity index (χ4v) is 2.21. The van der Waals surface area contributed by atoms with Gasteiger partial charge < -0.3 is 5.73 Å². The zero-order chi connectivity index (χ0) is 12.1. The van der Waals surface area contributed by atoms with E-state index in [1.807, 2.05) is 41.8 Å². The van der Waals surface area contributed by atoms with Crippen molar-refractivity contribution in [1.82, 2.24) is 5.43 Å². The van der Waals surface area contributed by atoms with Crippen molar-refractivity contribution < 1.29 is 4.79 Å². The van der Waals surface area contributed by atoms with Crippen LogP contribution in [0.15, 0.2) is 46.9 Å². The van der Waals surface area contributed by atoms with Gasteiger partial charge in [0.15, 0.2) is 0 Å². The third-order valence-corrected chi connectivity index (χ3v) is 2.99. The van der Waals surface area contributed by atoms with Gasteiger partial charge in [-0.05, 0) is 17.0 Å². The summed E-state index contributed by atoms with van der Waals surface area (Å²) in [5, 5.41) is 5.74. The van der Waals surface area contributed by atoms with E-state index in [9.17, 15) is 4.79 Å². The lowest BCUT2D eigenvalue weighted by Crippen LogP contribution is -2.24. The number of primary amides is 1. The minimum absolute atomic E-state index is 0.668. The second-order valence-electron chi connectivity index (χ2n) is 3.30. The average Bonchev–Trinajstić information content (AvgIpc) is 2.78. The van der Waals surface area contributed by atoms with E-state index in [0.717, 1.165) is 16.0 Å². The van der Waals surface area contributed by atoms with Crippen LogP contribution < -0.4 is 11.2 Å². The van der Waals surface area contributed by atoms with Gasteiger partial charge in [0.05, 0.1) is 11.1 Å². The van der Waals surface area contributed by atoms with E-state index in [1.165, 1.54) is 0 Å². The smallest absolute Gasteiger partial charge is 0.332 e. The molecular formula is C12H11N3OS. The number of nitrogens with one attached hydrogen (secondary N) is 1. The summed E-state index contributed by atoms with van der Waals surface area (Å²) < 4.78 is 0. The molecule has 2 amide bonds. The Labute approximate surface area is 103 Å². The first-order chi connectivity index (χ1) is 8.27. The number of urea groups is 1. The Morgan fingerprint density at radius 1 is 1.29 bits per heavy atom. The monoisotopic (exact) mass is 245 g/mol. The van der Waals surface area contributed by atoms with Crippen molar-refractivity contribution in [3.8, 4) is 11.1 Å². The first-order valence-corrected chi connectivity index (χ1v) is 5.87. The summed E-state index contributed by atoms with van der Waals surface area (Å²) in [6, 6.07) is 11.3. The molecule has 4 nitrogen and oxygen atoms in total. The van der Waals surface area contributed by atoms with Crippen LogP contribution in [0.4, 0.5) is 4.79 Å². The van der Waals surface area contributed by atoms with Crippen LogP contribution in [0.25, 0.3) is 11.1 Å². The molecule has 1 aromatic heterocycles. The summed E-state index contributed by atoms with van der Waals surface area (Å²) in [6.45, 7) is 0. The lowest BCUT2D eigenvalue weighted by molar-refractivity contribution is 0.249. The van der Waals surface area contributed by atoms with Crippen molar-refractivity contribution in [3.05, 3.63) is 46.7 Å². The number of hydrogen-bond acceptors (Lipinski definition) is 3. The second-order valence-corrected chi connectivity index (χ2v) is 4.25. The van der Waals surface area contributed by atoms with Gasteiger partial charge >= 0.3 is 6.03 Å². The van der Waals surface area contributed by atoms with Gasteiger partial charge in [0.25, 0.3) is 0 Å². The first kappa shape index (κ1) is 11.3. The number of carbonyl (C=O) groups is 1. The summed E-state index contributed by atoms with van der Waals surface area (Å²) in [5.41, 5.74) is 9.31. The molecule has 0 saturated heterocycles. The molecule has 0 aliphatic rings. The van der Waals surface area contributed by atoms with Crippen molar-refractivity contribution in [2.24, 2.45) is 10.8 Å². The van der Waals surface area contributed by atoms with Crippen LogP contribution in [0.1, 0.15) is 4.88 Å². The van der Waals surface area contributed by atoms with E-state index in [2.05, 4.69) is 10.5 Å². The quantitative estimate of drug-likeness (QED) is 0.633. The van der Waals surface area contributed by atoms with Crippen molar-refractivity contribution in [2.75, 3.05) is 0 Å². The summed E-state index contributed by atoms with van der Waals surface area (Å²) in [4.78, 5) is 11.5. The highest BCUT2D eigenvalue weighted by molar-refractivity contribution is 7.12. The number of amides is 2. The molecule has 0 saturated carbocycles. The lowest BCUT2D eigenvalue weighted by atomic mass is 10.1. The maximum Gasteiger partial charge on any atom is 0.332 e. The minimum Gasteiger partial charge on any atom is -0.350 e. The Morgan fingerprint density at radius 2 is 2.06 bits per heavy atom. The van der Waals surface area contributed by atoms with E-state index in [-0.39, 0.29) is 0 Å². The number of hydrogen-bond donors (Lipinski definition) is 2. The Hall–Kier alpha value is -2.14. The van der Waals surface area contributed by atoms with Gasteiger partial charge in [0.2, 0.25) is 0 Å². The number of hydrazone groups is 1. The maximum atomic E-state index is 10.5. The third kappa shape index (κ3) is 2.92. The number of carbonyl (C=O) groups excluding carboxylic acids is 1. The average molecular weight is 245 g/mol. The van der Waals surface area contributed by atoms with Crippen LogP contribution >= 0.6 is 11.3 Å². The molecule has 0 atom stereocenters. The fraction of sp³-hybridized carbons (Fsp3) is 0. The van der Waals surface area contributed by atoms with Crippen LogP contribution in [0.3, 0.4) is 0 Å². The molecule has 0 fully saturated rings. The molecule has 1 heterocycles. The zero-order valence-electron chi connectivity index (χ0n) is 8.96. The van der Waals surface area contributed by atoms with Crippen molar-refractivity contribution in [2.45, 2.75) is 0 Å². The van der Waals surface area contributed by atoms with E-state index < -0.39 is 6.03 Å². The molecule has 0 aliphatic carbocycles. The molecule has 1 aromatic carbocycles. The topological polar surface area (TPSA) is 67.5 Å². The molecule has 86 valence electrons. The molecule has 0 spiro atoms. The van der Waals surface area contributed by atoms with E-state index >= 15 is 0 Å². The molecular weight excluding hydrogens is 234 g/mol. The Bertz CT molecular complexity index is 534. The number of rotatable bonds is 3. The summed E-state index contributed by atoms with van der Waals surface area (Å²) in [7, 11) is 0. The molecule has 2 aromatic rings. The highest BCUT2D eigenvalue weighted by Crippen LogP contribution is 2.26. The molecule has 5 heteroatoms. The van der Waals surface area contributed by atoms with E-state index in [4.69, 9.17) is 5.73 Å². The Morgan fingerprint density at radius 3 is 2.76 bits per heavy atom. The standard InChI is InChI=1S/C12H11N3OS/c13-12(16)15-14-8-11-10(6-7-17-11)9-4-2-1-3-5-9/h1-8H,(H3,13,15,16). The Balaban J connectivity index is 2.23. The number of thiophene rings is 1. The molecule has 0 aliphatic heterocycles. The molecule has 0 unspecified atom stereocenters. The third-order valence-electron chi connectivity index (χ3n) is 2.14. The predicted molar refractivity (Wildman–Crippen MR) is 70.1 cm³/mol. The van der Waals surface area contributed by atoms with Gasteiger partial charge in [0.1, 0.15) is 0 Å². The summed E-state index contributed by atoms with van der Waals surface area (Å²) >= 11 is 1.55. The second kappa shape index (κ2) is 5.27. The largest absolute Gasteiger partial charge is 0.350 e. The van der Waals surface area contributed by atoms with Crippen LogP contribution in [-0.2, 0) is 0 Å². The lowest BCUT2D eigenvalue weighted by Gasteiger charge is -1.99. The maximum absolute atomic E-state index is 10.5. The minimum atomic E-state index is -0.668. The summed E-state index contributed by atoms with van der Waals surface area (Å²) in [5.74, 6) is 0. The Kier molecular flexibility index (Phi) is 3.52. The summed E-state index contributed by atoms with van der Waals surface area (Å²) in [6.07, 6.45) is 1.60. The van der Waals surface area contributed by atoms with Crippen molar-refractivity contribution >= 4 is 23.6 Å². The number of benzene rings is 1. The van der Waals surface area contributed by atoms with Crippen LogP contribution in [-0.4, -0.2) is 12.2 Å². The zero-order valence-corrected chi connectivity index (χ0v) is 9.78. The number of nitrogens with zero attached hydrogens (tertiary/aromatic N) is 1. The van der Waals surface area contributed by atoms with E-state index in [1.54, 1.807) is 17.6 Å². The highest BCUT2D eigenvalue weighted by Gasteiger charge is 2.03. The first-order valence-electron chi connectivity index (χ1n) is 4.99. The molecule has 3 N–H and O–H groups in total. The van der Waals surface area contributed by atoms with Crippen molar-refractivity contribution in [1.29, 1.82) is 0 Å². The van der Waals surface area contributed by atoms with Gasteiger partial charge in [-0.3, -0.25) is 0 Å². The molecule has 17 heavy (non-hydrogen) atoms. The van der Waals surface area contributed by atoms with Crippen LogP contribution in [0, 0.1) is 0 Å². The van der Waals surface area contributed by atoms with Crippen LogP contribution in [0.5, 0.6) is 0 Å². The predicted octanol–water partition coefficient (Wildman–Crippen LogP) is 2.42. The SMILES string of the molecule is NC(=O)NN=Cc1sccc1-c1ccccc1. The van der Waals surface area contributed by atoms with Gasteiger partial charge in [-0.2, -0.15) is 5.10 Å². The molecule has 2 rings (SSSR count). The molecule has 0 radical (unpaired) electrons. The fourth-order valence-electron chi connectivity index (χ4n) is 1.43. The van der Waals surface area contributed by atoms with Gasteiger partial charge in [0, 0.05) is 5.56 Å². The molecule has 0 bridgehead atoms. The van der Waals surface area contributed by atoms with Gasteiger partial charge in [-0.1, -0.05) is 30.3 Å². The number of nitrogens with two attached hydrogens (primary N) is 1.